The van der Waals surface area contributed by atoms with Gasteiger partial charge in [-0.1, -0.05) is 6.92 Å². The van der Waals surface area contributed by atoms with E-state index in [1.807, 2.05) is 24.1 Å². The summed E-state index contributed by atoms with van der Waals surface area (Å²) in [5.41, 5.74) is 1.20. The molecule has 0 aliphatic carbocycles. The highest BCUT2D eigenvalue weighted by molar-refractivity contribution is 14.0. The lowest BCUT2D eigenvalue weighted by Gasteiger charge is -2.28. The molecule has 28 heavy (non-hydrogen) atoms. The van der Waals surface area contributed by atoms with Gasteiger partial charge in [0.2, 0.25) is 5.91 Å². The summed E-state index contributed by atoms with van der Waals surface area (Å²) in [6.45, 7) is 6.39. The predicted octanol–water partition coefficient (Wildman–Crippen LogP) is 2.37. The molecule has 0 saturated carbocycles. The van der Waals surface area contributed by atoms with Gasteiger partial charge in [-0.3, -0.25) is 9.79 Å². The van der Waals surface area contributed by atoms with Crippen molar-refractivity contribution in [2.45, 2.75) is 51.6 Å². The molecule has 7 nitrogen and oxygen atoms in total. The molecule has 2 fully saturated rings. The highest BCUT2D eigenvalue weighted by Gasteiger charge is 2.25. The van der Waals surface area contributed by atoms with Gasteiger partial charge in [0.05, 0.1) is 0 Å². The van der Waals surface area contributed by atoms with E-state index in [9.17, 15) is 4.79 Å². The van der Waals surface area contributed by atoms with Crippen LogP contribution in [-0.4, -0.2) is 61.0 Å². The number of aliphatic imine (C=N–C) groups is 1. The third-order valence-corrected chi connectivity index (χ3v) is 5.36. The van der Waals surface area contributed by atoms with Crippen molar-refractivity contribution in [1.82, 2.24) is 20.5 Å². The molecule has 0 bridgehead atoms. The number of carbonyl (C=O) groups is 1. The maximum absolute atomic E-state index is 11.8. The van der Waals surface area contributed by atoms with Crippen LogP contribution in [0.1, 0.15) is 44.6 Å². The van der Waals surface area contributed by atoms with Crippen molar-refractivity contribution >= 4 is 41.7 Å². The number of nitrogens with one attached hydrogen (secondary N) is 2. The summed E-state index contributed by atoms with van der Waals surface area (Å²) in [6.07, 6.45) is 7.24. The zero-order chi connectivity index (χ0) is 19.1. The average Bonchev–Trinajstić information content (AvgIpc) is 3.20. The summed E-state index contributed by atoms with van der Waals surface area (Å²) in [4.78, 5) is 25.0. The molecular weight excluding hydrogens is 467 g/mol. The number of hydrogen-bond donors (Lipinski definition) is 2. The highest BCUT2D eigenvalue weighted by Crippen LogP contribution is 2.18. The summed E-state index contributed by atoms with van der Waals surface area (Å²) in [6, 6.07) is 4.47. The number of rotatable bonds is 5. The van der Waals surface area contributed by atoms with Gasteiger partial charge in [0.1, 0.15) is 5.82 Å². The molecule has 2 aliphatic rings. The number of amides is 1. The fraction of sp³-hybridized carbons (Fsp3) is 0.650. The molecule has 3 rings (SSSR count). The number of nitrogens with zero attached hydrogens (tertiary/aromatic N) is 4. The van der Waals surface area contributed by atoms with E-state index < -0.39 is 0 Å². The maximum Gasteiger partial charge on any atom is 0.222 e. The number of anilines is 1. The van der Waals surface area contributed by atoms with Crippen LogP contribution in [-0.2, 0) is 11.3 Å². The molecule has 1 atom stereocenters. The Labute approximate surface area is 185 Å². The fourth-order valence-corrected chi connectivity index (χ4v) is 3.77. The van der Waals surface area contributed by atoms with Crippen LogP contribution in [0.2, 0.25) is 0 Å². The lowest BCUT2D eigenvalue weighted by Crippen LogP contribution is -2.44. The molecule has 2 saturated heterocycles. The Morgan fingerprint density at radius 3 is 2.79 bits per heavy atom. The number of piperidine rings is 1. The van der Waals surface area contributed by atoms with Crippen LogP contribution in [0.3, 0.4) is 0 Å². The van der Waals surface area contributed by atoms with Crippen LogP contribution in [0.15, 0.2) is 23.3 Å². The van der Waals surface area contributed by atoms with Gasteiger partial charge in [0.25, 0.3) is 0 Å². The van der Waals surface area contributed by atoms with Gasteiger partial charge in [0.15, 0.2) is 5.96 Å². The first kappa shape index (κ1) is 22.7. The second kappa shape index (κ2) is 11.4. The number of pyridine rings is 1. The Morgan fingerprint density at radius 2 is 2.07 bits per heavy atom. The monoisotopic (exact) mass is 500 g/mol. The first-order chi connectivity index (χ1) is 13.2. The van der Waals surface area contributed by atoms with Crippen LogP contribution in [0.4, 0.5) is 5.82 Å². The van der Waals surface area contributed by atoms with E-state index in [1.165, 1.54) is 24.8 Å². The van der Waals surface area contributed by atoms with Gasteiger partial charge in [-0.25, -0.2) is 4.98 Å². The zero-order valence-corrected chi connectivity index (χ0v) is 19.3. The van der Waals surface area contributed by atoms with Crippen LogP contribution in [0.5, 0.6) is 0 Å². The van der Waals surface area contributed by atoms with Crippen LogP contribution >= 0.6 is 24.0 Å². The molecule has 1 amide bonds. The SMILES string of the molecule is CCC(=O)N1CCC(NC(=NC)NCc2ccnc(N3CCCCC3)c2)C1.I. The summed E-state index contributed by atoms with van der Waals surface area (Å²) in [5, 5.41) is 6.83. The Balaban J connectivity index is 0.00000280. The topological polar surface area (TPSA) is 72.9 Å². The van der Waals surface area contributed by atoms with E-state index in [4.69, 9.17) is 0 Å². The summed E-state index contributed by atoms with van der Waals surface area (Å²) >= 11 is 0. The van der Waals surface area contributed by atoms with Gasteiger partial charge < -0.3 is 20.4 Å². The Bertz CT molecular complexity index is 662. The molecule has 8 heteroatoms. The van der Waals surface area contributed by atoms with Crippen molar-refractivity contribution in [2.24, 2.45) is 4.99 Å². The van der Waals surface area contributed by atoms with E-state index >= 15 is 0 Å². The van der Waals surface area contributed by atoms with Gasteiger partial charge >= 0.3 is 0 Å². The standard InChI is InChI=1S/C20H32N6O.HI/c1-3-19(27)26-12-8-17(15-26)24-20(21-2)23-14-16-7-9-22-18(13-16)25-10-5-4-6-11-25;/h7,9,13,17H,3-6,8,10-12,14-15H2,1-2H3,(H2,21,23,24);1H. The Morgan fingerprint density at radius 1 is 1.29 bits per heavy atom. The minimum Gasteiger partial charge on any atom is -0.357 e. The molecule has 0 radical (unpaired) electrons. The first-order valence-electron chi connectivity index (χ1n) is 10.1. The number of hydrogen-bond acceptors (Lipinski definition) is 4. The fourth-order valence-electron chi connectivity index (χ4n) is 3.77. The van der Waals surface area contributed by atoms with Crippen molar-refractivity contribution in [3.05, 3.63) is 23.9 Å². The quantitative estimate of drug-likeness (QED) is 0.369. The van der Waals surface area contributed by atoms with Crippen LogP contribution < -0.4 is 15.5 Å². The lowest BCUT2D eigenvalue weighted by atomic mass is 10.1. The van der Waals surface area contributed by atoms with E-state index in [0.29, 0.717) is 13.0 Å². The number of likely N-dealkylation sites (tertiary alicyclic amines) is 1. The Kier molecular flexibility index (Phi) is 9.27. The molecule has 2 aliphatic heterocycles. The molecule has 2 N–H and O–H groups in total. The average molecular weight is 500 g/mol. The molecule has 0 aromatic carbocycles. The van der Waals surface area contributed by atoms with Crippen molar-refractivity contribution < 1.29 is 4.79 Å². The maximum atomic E-state index is 11.8. The van der Waals surface area contributed by atoms with Gasteiger partial charge in [0, 0.05) is 58.4 Å². The molecule has 156 valence electrons. The van der Waals surface area contributed by atoms with Gasteiger partial charge in [-0.15, -0.1) is 24.0 Å². The van der Waals surface area contributed by atoms with Crippen LogP contribution in [0.25, 0.3) is 0 Å². The van der Waals surface area contributed by atoms with Gasteiger partial charge in [-0.05, 0) is 43.4 Å². The summed E-state index contributed by atoms with van der Waals surface area (Å²) in [7, 11) is 1.78. The van der Waals surface area contributed by atoms with Crippen molar-refractivity contribution in [2.75, 3.05) is 38.1 Å². The first-order valence-corrected chi connectivity index (χ1v) is 10.1. The Hall–Kier alpha value is -1.58. The van der Waals surface area contributed by atoms with E-state index in [1.54, 1.807) is 7.05 Å². The predicted molar refractivity (Wildman–Crippen MR) is 124 cm³/mol. The zero-order valence-electron chi connectivity index (χ0n) is 17.0. The molecule has 1 unspecified atom stereocenters. The highest BCUT2D eigenvalue weighted by atomic mass is 127. The summed E-state index contributed by atoms with van der Waals surface area (Å²) in [5.74, 6) is 2.08. The second-order valence-corrected chi connectivity index (χ2v) is 7.32. The third-order valence-electron chi connectivity index (χ3n) is 5.36. The number of aromatic nitrogens is 1. The number of halogens is 1. The molecule has 1 aromatic heterocycles. The van der Waals surface area contributed by atoms with Crippen LogP contribution in [0, 0.1) is 0 Å². The minimum atomic E-state index is 0. The minimum absolute atomic E-state index is 0. The number of carbonyl (C=O) groups excluding carboxylic acids is 1. The molecule has 0 spiro atoms. The van der Waals surface area contributed by atoms with E-state index in [2.05, 4.69) is 31.6 Å². The van der Waals surface area contributed by atoms with Gasteiger partial charge in [-0.2, -0.15) is 0 Å². The van der Waals surface area contributed by atoms with Crippen molar-refractivity contribution in [1.29, 1.82) is 0 Å². The van der Waals surface area contributed by atoms with Crippen molar-refractivity contribution in [3.63, 3.8) is 0 Å². The second-order valence-electron chi connectivity index (χ2n) is 7.32. The largest absolute Gasteiger partial charge is 0.357 e. The molecule has 1 aromatic rings. The van der Waals surface area contributed by atoms with Crippen molar-refractivity contribution in [3.8, 4) is 0 Å². The van der Waals surface area contributed by atoms with E-state index in [0.717, 1.165) is 44.4 Å². The normalized spacial score (nSPS) is 19.9. The van der Waals surface area contributed by atoms with E-state index in [-0.39, 0.29) is 35.9 Å². The number of guanidine groups is 1. The molecule has 3 heterocycles. The molecular formula is C20H33IN6O. The third kappa shape index (κ3) is 6.22. The smallest absolute Gasteiger partial charge is 0.222 e. The lowest BCUT2D eigenvalue weighted by molar-refractivity contribution is -0.129. The summed E-state index contributed by atoms with van der Waals surface area (Å²) < 4.78 is 0.